The molecule has 0 heterocycles. The van der Waals surface area contributed by atoms with Crippen LogP contribution in [-0.2, 0) is 6.42 Å². The Morgan fingerprint density at radius 1 is 1.05 bits per heavy atom. The van der Waals surface area contributed by atoms with Gasteiger partial charge in [-0.25, -0.2) is 0 Å². The van der Waals surface area contributed by atoms with E-state index in [4.69, 9.17) is 0 Å². The molecule has 0 amide bonds. The van der Waals surface area contributed by atoms with Crippen molar-refractivity contribution in [1.29, 1.82) is 0 Å². The molecule has 0 radical (unpaired) electrons. The highest BCUT2D eigenvalue weighted by Gasteiger charge is 2.25. The van der Waals surface area contributed by atoms with Gasteiger partial charge < -0.3 is 5.32 Å². The van der Waals surface area contributed by atoms with Crippen LogP contribution in [0.25, 0.3) is 0 Å². The minimum atomic E-state index is 0.338. The minimum absolute atomic E-state index is 0.338. The van der Waals surface area contributed by atoms with Crippen molar-refractivity contribution < 1.29 is 0 Å². The van der Waals surface area contributed by atoms with E-state index in [1.807, 2.05) is 0 Å². The number of hydrogen-bond donors (Lipinski definition) is 1. The third-order valence-electron chi connectivity index (χ3n) is 4.33. The molecule has 0 aliphatic carbocycles. The largest absolute Gasteiger partial charge is 0.316 e. The van der Waals surface area contributed by atoms with Crippen LogP contribution in [0, 0.1) is 32.1 Å². The highest BCUT2D eigenvalue weighted by atomic mass is 14.9. The topological polar surface area (TPSA) is 12.0 Å². The van der Waals surface area contributed by atoms with E-state index in [-0.39, 0.29) is 0 Å². The van der Waals surface area contributed by atoms with Crippen molar-refractivity contribution in [3.8, 4) is 0 Å². The molecule has 1 rings (SSSR count). The van der Waals surface area contributed by atoms with Gasteiger partial charge in [-0.15, -0.1) is 0 Å². The van der Waals surface area contributed by atoms with Gasteiger partial charge in [0.15, 0.2) is 0 Å². The Hall–Kier alpha value is -0.820. The molecule has 0 spiro atoms. The van der Waals surface area contributed by atoms with E-state index in [1.165, 1.54) is 29.5 Å². The fourth-order valence-corrected chi connectivity index (χ4v) is 2.92. The monoisotopic (exact) mass is 275 g/mol. The van der Waals surface area contributed by atoms with Gasteiger partial charge in [0.1, 0.15) is 0 Å². The van der Waals surface area contributed by atoms with Crippen molar-refractivity contribution in [2.24, 2.45) is 11.3 Å². The van der Waals surface area contributed by atoms with E-state index < -0.39 is 0 Å². The van der Waals surface area contributed by atoms with Gasteiger partial charge in [-0.05, 0) is 74.7 Å². The molecule has 1 unspecified atom stereocenters. The van der Waals surface area contributed by atoms with Gasteiger partial charge in [0.05, 0.1) is 0 Å². The molecule has 0 saturated heterocycles. The molecule has 1 aromatic carbocycles. The maximum Gasteiger partial charge on any atom is -0.00123 e. The zero-order valence-corrected chi connectivity index (χ0v) is 14.6. The maximum absolute atomic E-state index is 3.61. The molecule has 0 bridgehead atoms. The third-order valence-corrected chi connectivity index (χ3v) is 4.33. The van der Waals surface area contributed by atoms with Crippen LogP contribution in [-0.4, -0.2) is 13.1 Å². The fraction of sp³-hybridized carbons (Fsp3) is 0.684. The molecule has 0 fully saturated rings. The predicted octanol–water partition coefficient (Wildman–Crippen LogP) is 4.82. The summed E-state index contributed by atoms with van der Waals surface area (Å²) < 4.78 is 0. The Bertz CT molecular complexity index is 403. The lowest BCUT2D eigenvalue weighted by Crippen LogP contribution is -2.34. The lowest BCUT2D eigenvalue weighted by molar-refractivity contribution is 0.230. The molecular weight excluding hydrogens is 242 g/mol. The van der Waals surface area contributed by atoms with E-state index in [0.29, 0.717) is 11.3 Å². The van der Waals surface area contributed by atoms with Gasteiger partial charge >= 0.3 is 0 Å². The molecule has 20 heavy (non-hydrogen) atoms. The summed E-state index contributed by atoms with van der Waals surface area (Å²) in [7, 11) is 0. The van der Waals surface area contributed by atoms with Crippen molar-refractivity contribution in [3.05, 3.63) is 34.4 Å². The van der Waals surface area contributed by atoms with Gasteiger partial charge in [-0.2, -0.15) is 0 Å². The smallest absolute Gasteiger partial charge is 0.00123 e. The molecule has 0 aliphatic rings. The normalized spacial score (nSPS) is 13.6. The lowest BCUT2D eigenvalue weighted by atomic mass is 9.76. The molecule has 0 saturated carbocycles. The average molecular weight is 275 g/mol. The van der Waals surface area contributed by atoms with Crippen LogP contribution < -0.4 is 5.32 Å². The van der Waals surface area contributed by atoms with Crippen molar-refractivity contribution in [3.63, 3.8) is 0 Å². The maximum atomic E-state index is 3.61. The number of rotatable bonds is 6. The van der Waals surface area contributed by atoms with Crippen molar-refractivity contribution in [2.45, 2.75) is 61.3 Å². The second-order valence-electron chi connectivity index (χ2n) is 7.35. The van der Waals surface area contributed by atoms with Gasteiger partial charge in [0.25, 0.3) is 0 Å². The average Bonchev–Trinajstić information content (AvgIpc) is 2.29. The third kappa shape index (κ3) is 4.94. The molecule has 1 heteroatoms. The van der Waals surface area contributed by atoms with Crippen molar-refractivity contribution >= 4 is 0 Å². The highest BCUT2D eigenvalue weighted by molar-refractivity contribution is 5.37. The second-order valence-corrected chi connectivity index (χ2v) is 7.35. The van der Waals surface area contributed by atoms with Gasteiger partial charge in [0, 0.05) is 0 Å². The van der Waals surface area contributed by atoms with Crippen molar-refractivity contribution in [1.82, 2.24) is 5.32 Å². The first-order valence-corrected chi connectivity index (χ1v) is 8.03. The summed E-state index contributed by atoms with van der Waals surface area (Å²) in [6.45, 7) is 18.3. The Morgan fingerprint density at radius 3 is 2.05 bits per heavy atom. The molecule has 1 atom stereocenters. The summed E-state index contributed by atoms with van der Waals surface area (Å²) in [4.78, 5) is 0. The number of nitrogens with one attached hydrogen (secondary N) is 1. The van der Waals surface area contributed by atoms with Crippen LogP contribution in [0.3, 0.4) is 0 Å². The predicted molar refractivity (Wildman–Crippen MR) is 90.5 cm³/mol. The molecule has 114 valence electrons. The summed E-state index contributed by atoms with van der Waals surface area (Å²) in [6.07, 6.45) is 2.39. The molecule has 0 aromatic heterocycles. The Morgan fingerprint density at radius 2 is 1.60 bits per heavy atom. The van der Waals surface area contributed by atoms with Crippen LogP contribution >= 0.6 is 0 Å². The summed E-state index contributed by atoms with van der Waals surface area (Å²) in [5.74, 6) is 0.675. The molecule has 0 aliphatic heterocycles. The van der Waals surface area contributed by atoms with Gasteiger partial charge in [0.2, 0.25) is 0 Å². The van der Waals surface area contributed by atoms with Crippen LogP contribution in [0.2, 0.25) is 0 Å². The quantitative estimate of drug-likeness (QED) is 0.734. The molecule has 1 aromatic rings. The number of aryl methyl sites for hydroxylation is 3. The van der Waals surface area contributed by atoms with Crippen molar-refractivity contribution in [2.75, 3.05) is 13.1 Å². The fourth-order valence-electron chi connectivity index (χ4n) is 2.92. The van der Waals surface area contributed by atoms with E-state index >= 15 is 0 Å². The lowest BCUT2D eigenvalue weighted by Gasteiger charge is -2.32. The summed E-state index contributed by atoms with van der Waals surface area (Å²) >= 11 is 0. The first-order valence-electron chi connectivity index (χ1n) is 8.03. The first-order chi connectivity index (χ1) is 9.25. The molecular formula is C19H33N. The molecule has 1 N–H and O–H groups in total. The number of hydrogen-bond acceptors (Lipinski definition) is 1. The summed E-state index contributed by atoms with van der Waals surface area (Å²) in [5.41, 5.74) is 6.17. The van der Waals surface area contributed by atoms with Gasteiger partial charge in [-0.1, -0.05) is 45.4 Å². The minimum Gasteiger partial charge on any atom is -0.316 e. The first kappa shape index (κ1) is 17.2. The van der Waals surface area contributed by atoms with Gasteiger partial charge in [-0.3, -0.25) is 0 Å². The Kier molecular flexibility index (Phi) is 6.26. The molecule has 1 nitrogen and oxygen atoms in total. The zero-order chi connectivity index (χ0) is 15.3. The zero-order valence-electron chi connectivity index (χ0n) is 14.6. The van der Waals surface area contributed by atoms with Crippen LogP contribution in [0.1, 0.15) is 56.4 Å². The van der Waals surface area contributed by atoms with Crippen LogP contribution in [0.15, 0.2) is 12.1 Å². The standard InChI is InChI=1S/C19H33N/c1-8-9-20-13-17(19(5,6)7)12-18-15(3)10-14(2)11-16(18)4/h10-11,17,20H,8-9,12-13H2,1-7H3. The van der Waals surface area contributed by atoms with Crippen LogP contribution in [0.5, 0.6) is 0 Å². The Balaban J connectivity index is 2.90. The summed E-state index contributed by atoms with van der Waals surface area (Å²) in [5, 5.41) is 3.61. The van der Waals surface area contributed by atoms with E-state index in [2.05, 4.69) is 65.9 Å². The van der Waals surface area contributed by atoms with E-state index in [1.54, 1.807) is 5.56 Å². The number of benzene rings is 1. The second kappa shape index (κ2) is 7.26. The SMILES string of the molecule is CCCNCC(Cc1c(C)cc(C)cc1C)C(C)(C)C. The highest BCUT2D eigenvalue weighted by Crippen LogP contribution is 2.31. The van der Waals surface area contributed by atoms with Crippen LogP contribution in [0.4, 0.5) is 0 Å². The summed E-state index contributed by atoms with van der Waals surface area (Å²) in [6, 6.07) is 4.64. The van der Waals surface area contributed by atoms with E-state index in [9.17, 15) is 0 Å². The van der Waals surface area contributed by atoms with E-state index in [0.717, 1.165) is 13.1 Å². The Labute approximate surface area is 126 Å².